The van der Waals surface area contributed by atoms with Crippen LogP contribution in [0, 0.1) is 5.92 Å². The van der Waals surface area contributed by atoms with Crippen LogP contribution in [0.4, 0.5) is 0 Å². The van der Waals surface area contributed by atoms with Crippen molar-refractivity contribution in [2.45, 2.75) is 19.8 Å². The minimum absolute atomic E-state index is 0.0871. The first kappa shape index (κ1) is 17.8. The number of carboxylic acids is 1. The molecule has 2 aromatic rings. The van der Waals surface area contributed by atoms with Gasteiger partial charge >= 0.3 is 5.97 Å². The number of amides is 1. The van der Waals surface area contributed by atoms with E-state index in [2.05, 4.69) is 0 Å². The van der Waals surface area contributed by atoms with Crippen LogP contribution in [0.3, 0.4) is 0 Å². The van der Waals surface area contributed by atoms with E-state index >= 15 is 0 Å². The minimum Gasteiger partial charge on any atom is -0.497 e. The molecule has 24 heavy (non-hydrogen) atoms. The average molecular weight is 329 g/mol. The van der Waals surface area contributed by atoms with Crippen molar-refractivity contribution in [1.82, 2.24) is 4.90 Å². The topological polar surface area (TPSA) is 66.8 Å². The zero-order valence-electron chi connectivity index (χ0n) is 14.4. The molecule has 0 saturated heterocycles. The molecule has 2 atom stereocenters. The Morgan fingerprint density at radius 3 is 2.38 bits per heavy atom. The second-order valence-electron chi connectivity index (χ2n) is 6.15. The number of rotatable bonds is 6. The van der Waals surface area contributed by atoms with Crippen LogP contribution in [-0.4, -0.2) is 42.6 Å². The van der Waals surface area contributed by atoms with Gasteiger partial charge < -0.3 is 14.7 Å². The zero-order valence-corrected chi connectivity index (χ0v) is 14.4. The van der Waals surface area contributed by atoms with Crippen LogP contribution in [-0.2, 0) is 9.59 Å². The summed E-state index contributed by atoms with van der Waals surface area (Å²) >= 11 is 0. The Balaban J connectivity index is 2.19. The molecule has 1 N–H and O–H groups in total. The van der Waals surface area contributed by atoms with E-state index in [-0.39, 0.29) is 18.4 Å². The fourth-order valence-corrected chi connectivity index (χ4v) is 2.69. The standard InChI is InChI=1S/C19H23NO4/c1-12(19(22)23)11-20(3)18(21)13(2)14-5-6-16-10-17(24-4)8-7-15(16)9-14/h5-10,12-13H,11H2,1-4H3,(H,22,23)/t12?,13-/m0/s1. The lowest BCUT2D eigenvalue weighted by molar-refractivity contribution is -0.142. The van der Waals surface area contributed by atoms with E-state index in [1.807, 2.05) is 43.3 Å². The predicted octanol–water partition coefficient (Wildman–Crippen LogP) is 3.13. The number of fused-ring (bicyclic) bond motifs is 1. The largest absolute Gasteiger partial charge is 0.497 e. The van der Waals surface area contributed by atoms with Crippen LogP contribution in [0.2, 0.25) is 0 Å². The zero-order chi connectivity index (χ0) is 17.9. The van der Waals surface area contributed by atoms with Gasteiger partial charge in [-0.2, -0.15) is 0 Å². The predicted molar refractivity (Wildman–Crippen MR) is 93.4 cm³/mol. The molecule has 0 aliphatic carbocycles. The molecule has 5 heteroatoms. The Morgan fingerprint density at radius 2 is 1.75 bits per heavy atom. The third kappa shape index (κ3) is 3.85. The molecule has 128 valence electrons. The molecule has 1 unspecified atom stereocenters. The van der Waals surface area contributed by atoms with Crippen LogP contribution in [0.15, 0.2) is 36.4 Å². The Hall–Kier alpha value is -2.56. The van der Waals surface area contributed by atoms with Crippen LogP contribution in [0.1, 0.15) is 25.3 Å². The minimum atomic E-state index is -0.901. The van der Waals surface area contributed by atoms with Gasteiger partial charge in [-0.15, -0.1) is 0 Å². The van der Waals surface area contributed by atoms with Crippen molar-refractivity contribution in [2.24, 2.45) is 5.92 Å². The lowest BCUT2D eigenvalue weighted by Crippen LogP contribution is -2.36. The first-order valence-electron chi connectivity index (χ1n) is 7.89. The summed E-state index contributed by atoms with van der Waals surface area (Å²) in [6, 6.07) is 11.7. The molecule has 0 aromatic heterocycles. The molecular formula is C19H23NO4. The molecular weight excluding hydrogens is 306 g/mol. The number of carbonyl (C=O) groups is 2. The highest BCUT2D eigenvalue weighted by Crippen LogP contribution is 2.26. The van der Waals surface area contributed by atoms with Crippen molar-refractivity contribution >= 4 is 22.6 Å². The maximum atomic E-state index is 12.6. The van der Waals surface area contributed by atoms with Crippen molar-refractivity contribution in [2.75, 3.05) is 20.7 Å². The van der Waals surface area contributed by atoms with Gasteiger partial charge in [0.15, 0.2) is 0 Å². The molecule has 0 radical (unpaired) electrons. The molecule has 5 nitrogen and oxygen atoms in total. The molecule has 1 amide bonds. The number of likely N-dealkylation sites (N-methyl/N-ethyl adjacent to an activating group) is 1. The highest BCUT2D eigenvalue weighted by Gasteiger charge is 2.23. The van der Waals surface area contributed by atoms with Crippen molar-refractivity contribution in [1.29, 1.82) is 0 Å². The maximum Gasteiger partial charge on any atom is 0.308 e. The van der Waals surface area contributed by atoms with Gasteiger partial charge in [0.1, 0.15) is 5.75 Å². The first-order valence-corrected chi connectivity index (χ1v) is 7.89. The quantitative estimate of drug-likeness (QED) is 0.884. The molecule has 0 bridgehead atoms. The summed E-state index contributed by atoms with van der Waals surface area (Å²) in [4.78, 5) is 25.0. The molecule has 0 spiro atoms. The van der Waals surface area contributed by atoms with Crippen molar-refractivity contribution in [3.63, 3.8) is 0 Å². The number of ether oxygens (including phenoxy) is 1. The van der Waals surface area contributed by atoms with Gasteiger partial charge in [-0.3, -0.25) is 9.59 Å². The number of methoxy groups -OCH3 is 1. The van der Waals surface area contributed by atoms with Gasteiger partial charge in [0.25, 0.3) is 0 Å². The molecule has 0 aliphatic heterocycles. The van der Waals surface area contributed by atoms with Crippen molar-refractivity contribution in [3.05, 3.63) is 42.0 Å². The Bertz CT molecular complexity index is 756. The fourth-order valence-electron chi connectivity index (χ4n) is 2.69. The van der Waals surface area contributed by atoms with Crippen LogP contribution < -0.4 is 4.74 Å². The number of carbonyl (C=O) groups excluding carboxylic acids is 1. The average Bonchev–Trinajstić information content (AvgIpc) is 2.59. The van der Waals surface area contributed by atoms with Gasteiger partial charge in [-0.05, 0) is 35.4 Å². The molecule has 2 aromatic carbocycles. The van der Waals surface area contributed by atoms with Crippen LogP contribution in [0.5, 0.6) is 5.75 Å². The van der Waals surface area contributed by atoms with E-state index in [0.717, 1.165) is 22.1 Å². The lowest BCUT2D eigenvalue weighted by Gasteiger charge is -2.23. The normalized spacial score (nSPS) is 13.3. The summed E-state index contributed by atoms with van der Waals surface area (Å²) < 4.78 is 5.22. The van der Waals surface area contributed by atoms with Gasteiger partial charge in [0.05, 0.1) is 18.9 Å². The number of aliphatic carboxylic acids is 1. The molecule has 2 rings (SSSR count). The van der Waals surface area contributed by atoms with E-state index in [4.69, 9.17) is 9.84 Å². The summed E-state index contributed by atoms with van der Waals surface area (Å²) in [6.45, 7) is 3.64. The van der Waals surface area contributed by atoms with Gasteiger partial charge in [0, 0.05) is 13.6 Å². The Morgan fingerprint density at radius 1 is 1.12 bits per heavy atom. The highest BCUT2D eigenvalue weighted by molar-refractivity contribution is 5.88. The number of benzene rings is 2. The SMILES string of the molecule is COc1ccc2cc([C@H](C)C(=O)N(C)CC(C)C(=O)O)ccc2c1. The number of nitrogens with zero attached hydrogens (tertiary/aromatic N) is 1. The lowest BCUT2D eigenvalue weighted by atomic mass is 9.96. The second-order valence-corrected chi connectivity index (χ2v) is 6.15. The number of carboxylic acid groups (broad SMARTS) is 1. The van der Waals surface area contributed by atoms with E-state index in [1.165, 1.54) is 4.90 Å². The van der Waals surface area contributed by atoms with Gasteiger partial charge in [-0.1, -0.05) is 31.2 Å². The van der Waals surface area contributed by atoms with Crippen molar-refractivity contribution in [3.8, 4) is 5.75 Å². The maximum absolute atomic E-state index is 12.6. The molecule has 0 fully saturated rings. The molecule has 0 saturated carbocycles. The van der Waals surface area contributed by atoms with Gasteiger partial charge in [0.2, 0.25) is 5.91 Å². The number of hydrogen-bond donors (Lipinski definition) is 1. The summed E-state index contributed by atoms with van der Waals surface area (Å²) in [7, 11) is 3.27. The van der Waals surface area contributed by atoms with Crippen LogP contribution >= 0.6 is 0 Å². The van der Waals surface area contributed by atoms with Crippen LogP contribution in [0.25, 0.3) is 10.8 Å². The summed E-state index contributed by atoms with van der Waals surface area (Å²) in [5.74, 6) is -1.11. The first-order chi connectivity index (χ1) is 11.3. The van der Waals surface area contributed by atoms with E-state index in [1.54, 1.807) is 21.1 Å². The second kappa shape index (κ2) is 7.34. The third-order valence-electron chi connectivity index (χ3n) is 4.29. The van der Waals surface area contributed by atoms with E-state index < -0.39 is 11.9 Å². The Kier molecular flexibility index (Phi) is 5.44. The summed E-state index contributed by atoms with van der Waals surface area (Å²) in [5.41, 5.74) is 0.910. The smallest absolute Gasteiger partial charge is 0.308 e. The van der Waals surface area contributed by atoms with Gasteiger partial charge in [-0.25, -0.2) is 0 Å². The van der Waals surface area contributed by atoms with E-state index in [0.29, 0.717) is 0 Å². The number of hydrogen-bond acceptors (Lipinski definition) is 3. The third-order valence-corrected chi connectivity index (χ3v) is 4.29. The summed E-state index contributed by atoms with van der Waals surface area (Å²) in [6.07, 6.45) is 0. The Labute approximate surface area is 141 Å². The summed E-state index contributed by atoms with van der Waals surface area (Å²) in [5, 5.41) is 11.1. The fraction of sp³-hybridized carbons (Fsp3) is 0.368. The molecule has 0 aliphatic rings. The highest BCUT2D eigenvalue weighted by atomic mass is 16.5. The van der Waals surface area contributed by atoms with E-state index in [9.17, 15) is 9.59 Å². The molecule has 0 heterocycles. The van der Waals surface area contributed by atoms with Crippen molar-refractivity contribution < 1.29 is 19.4 Å². The monoisotopic (exact) mass is 329 g/mol.